The van der Waals surface area contributed by atoms with Crippen LogP contribution in [0.4, 0.5) is 0 Å². The third-order valence-electron chi connectivity index (χ3n) is 2.09. The summed E-state index contributed by atoms with van der Waals surface area (Å²) in [7, 11) is 0. The number of nitrogens with one attached hydrogen (secondary N) is 2. The molecule has 1 aromatic rings. The third-order valence-corrected chi connectivity index (χ3v) is 2.92. The van der Waals surface area contributed by atoms with Gasteiger partial charge in [0.25, 0.3) is 5.91 Å². The SMILES string of the molecule is CC(C)NC(=O)C(C)NC(=O)c1csc(C(=O)O)n1. The monoisotopic (exact) mass is 285 g/mol. The van der Waals surface area contributed by atoms with Gasteiger partial charge in [-0.25, -0.2) is 9.78 Å². The molecule has 19 heavy (non-hydrogen) atoms. The Balaban J connectivity index is 2.63. The van der Waals surface area contributed by atoms with Crippen molar-refractivity contribution in [3.63, 3.8) is 0 Å². The second-order valence-electron chi connectivity index (χ2n) is 4.20. The van der Waals surface area contributed by atoms with E-state index in [1.807, 2.05) is 13.8 Å². The summed E-state index contributed by atoms with van der Waals surface area (Å²) in [6, 6.07) is -0.741. The van der Waals surface area contributed by atoms with Crippen LogP contribution in [0.2, 0.25) is 0 Å². The number of aromatic nitrogens is 1. The summed E-state index contributed by atoms with van der Waals surface area (Å²) >= 11 is 0.860. The summed E-state index contributed by atoms with van der Waals surface area (Å²) in [5, 5.41) is 15.0. The molecule has 0 aliphatic rings. The summed E-state index contributed by atoms with van der Waals surface area (Å²) in [6.45, 7) is 5.16. The number of nitrogens with zero attached hydrogens (tertiary/aromatic N) is 1. The van der Waals surface area contributed by atoms with Gasteiger partial charge in [0, 0.05) is 11.4 Å². The molecule has 0 saturated carbocycles. The molecule has 8 heteroatoms. The van der Waals surface area contributed by atoms with Crippen molar-refractivity contribution in [2.45, 2.75) is 32.9 Å². The Morgan fingerprint density at radius 3 is 2.37 bits per heavy atom. The summed E-state index contributed by atoms with van der Waals surface area (Å²) in [5.41, 5.74) is -0.00778. The first-order chi connectivity index (χ1) is 8.81. The molecule has 2 amide bonds. The number of rotatable bonds is 5. The van der Waals surface area contributed by atoms with Crippen molar-refractivity contribution < 1.29 is 19.5 Å². The van der Waals surface area contributed by atoms with Gasteiger partial charge < -0.3 is 15.7 Å². The zero-order chi connectivity index (χ0) is 14.6. The second kappa shape index (κ2) is 6.28. The van der Waals surface area contributed by atoms with E-state index in [4.69, 9.17) is 5.11 Å². The van der Waals surface area contributed by atoms with Crippen LogP contribution in [0, 0.1) is 0 Å². The standard InChI is InChI=1S/C11H15N3O4S/c1-5(2)12-8(15)6(3)13-9(16)7-4-19-10(14-7)11(17)18/h4-6H,1-3H3,(H,12,15)(H,13,16)(H,17,18). The minimum atomic E-state index is -1.19. The fraction of sp³-hybridized carbons (Fsp3) is 0.455. The number of hydrogen-bond acceptors (Lipinski definition) is 5. The Bertz CT molecular complexity index is 498. The van der Waals surface area contributed by atoms with Gasteiger partial charge in [-0.15, -0.1) is 11.3 Å². The number of hydrogen-bond donors (Lipinski definition) is 3. The molecule has 7 nitrogen and oxygen atoms in total. The molecule has 0 fully saturated rings. The molecular formula is C11H15N3O4S. The van der Waals surface area contributed by atoms with Crippen LogP contribution < -0.4 is 10.6 Å². The smallest absolute Gasteiger partial charge is 0.365 e. The van der Waals surface area contributed by atoms with Gasteiger partial charge in [0.05, 0.1) is 0 Å². The highest BCUT2D eigenvalue weighted by Gasteiger charge is 2.20. The van der Waals surface area contributed by atoms with E-state index >= 15 is 0 Å². The van der Waals surface area contributed by atoms with Crippen LogP contribution >= 0.6 is 11.3 Å². The van der Waals surface area contributed by atoms with Crippen LogP contribution in [0.15, 0.2) is 5.38 Å². The number of carboxylic acid groups (broad SMARTS) is 1. The van der Waals surface area contributed by atoms with E-state index in [9.17, 15) is 14.4 Å². The molecule has 0 spiro atoms. The normalized spacial score (nSPS) is 12.0. The largest absolute Gasteiger partial charge is 0.476 e. The molecule has 1 aromatic heterocycles. The molecule has 0 aromatic carbocycles. The van der Waals surface area contributed by atoms with Gasteiger partial charge in [-0.05, 0) is 20.8 Å². The van der Waals surface area contributed by atoms with Gasteiger partial charge in [0.15, 0.2) is 0 Å². The Morgan fingerprint density at radius 1 is 1.26 bits per heavy atom. The fourth-order valence-corrected chi connectivity index (χ4v) is 1.86. The molecule has 0 aliphatic heterocycles. The van der Waals surface area contributed by atoms with Crippen LogP contribution in [0.1, 0.15) is 41.1 Å². The maximum absolute atomic E-state index is 11.7. The molecule has 0 bridgehead atoms. The highest BCUT2D eigenvalue weighted by atomic mass is 32.1. The number of carbonyl (C=O) groups excluding carboxylic acids is 2. The first-order valence-corrected chi connectivity index (χ1v) is 6.49. The van der Waals surface area contributed by atoms with Crippen LogP contribution in [0.25, 0.3) is 0 Å². The molecular weight excluding hydrogens is 270 g/mol. The van der Waals surface area contributed by atoms with Crippen molar-refractivity contribution in [3.8, 4) is 0 Å². The Kier molecular flexibility index (Phi) is 4.99. The first kappa shape index (κ1) is 15.1. The predicted molar refractivity (Wildman–Crippen MR) is 69.3 cm³/mol. The van der Waals surface area contributed by atoms with Gasteiger partial charge in [-0.1, -0.05) is 0 Å². The predicted octanol–water partition coefficient (Wildman–Crippen LogP) is 0.484. The van der Waals surface area contributed by atoms with Crippen molar-refractivity contribution in [2.24, 2.45) is 0 Å². The lowest BCUT2D eigenvalue weighted by atomic mass is 10.2. The highest BCUT2D eigenvalue weighted by Crippen LogP contribution is 2.09. The minimum absolute atomic E-state index is 0.00778. The van der Waals surface area contributed by atoms with Crippen molar-refractivity contribution in [1.29, 1.82) is 0 Å². The second-order valence-corrected chi connectivity index (χ2v) is 5.06. The lowest BCUT2D eigenvalue weighted by molar-refractivity contribution is -0.123. The average Bonchev–Trinajstić information content (AvgIpc) is 2.77. The summed E-state index contributed by atoms with van der Waals surface area (Å²) in [6.07, 6.45) is 0. The maximum Gasteiger partial charge on any atom is 0.365 e. The molecule has 3 N–H and O–H groups in total. The first-order valence-electron chi connectivity index (χ1n) is 5.61. The Labute approximate surface area is 114 Å². The van der Waals surface area contributed by atoms with Crippen molar-refractivity contribution >= 4 is 29.1 Å². The van der Waals surface area contributed by atoms with Crippen molar-refractivity contribution in [2.75, 3.05) is 0 Å². The topological polar surface area (TPSA) is 108 Å². The third kappa shape index (κ3) is 4.32. The molecule has 1 rings (SSSR count). The average molecular weight is 285 g/mol. The van der Waals surface area contributed by atoms with Gasteiger partial charge in [0.2, 0.25) is 10.9 Å². The van der Waals surface area contributed by atoms with E-state index in [1.165, 1.54) is 5.38 Å². The van der Waals surface area contributed by atoms with E-state index < -0.39 is 17.9 Å². The van der Waals surface area contributed by atoms with E-state index in [2.05, 4.69) is 15.6 Å². The number of carbonyl (C=O) groups is 3. The van der Waals surface area contributed by atoms with Gasteiger partial charge >= 0.3 is 5.97 Å². The number of aromatic carboxylic acids is 1. The van der Waals surface area contributed by atoms with Crippen LogP contribution in [-0.4, -0.2) is 40.0 Å². The zero-order valence-electron chi connectivity index (χ0n) is 10.8. The van der Waals surface area contributed by atoms with Crippen molar-refractivity contribution in [3.05, 3.63) is 16.1 Å². The summed E-state index contributed by atoms with van der Waals surface area (Å²) < 4.78 is 0. The zero-order valence-corrected chi connectivity index (χ0v) is 11.6. The van der Waals surface area contributed by atoms with E-state index in [0.29, 0.717) is 0 Å². The van der Waals surface area contributed by atoms with Crippen LogP contribution in [0.3, 0.4) is 0 Å². The van der Waals surface area contributed by atoms with Crippen LogP contribution in [-0.2, 0) is 4.79 Å². The maximum atomic E-state index is 11.7. The number of thiazole rings is 1. The molecule has 0 aliphatic carbocycles. The summed E-state index contributed by atoms with van der Waals surface area (Å²) in [4.78, 5) is 37.6. The molecule has 104 valence electrons. The number of amides is 2. The molecule has 1 atom stereocenters. The van der Waals surface area contributed by atoms with Gasteiger partial charge in [-0.2, -0.15) is 0 Å². The summed E-state index contributed by atoms with van der Waals surface area (Å²) in [5.74, 6) is -2.07. The van der Waals surface area contributed by atoms with E-state index in [-0.39, 0.29) is 22.7 Å². The molecule has 0 saturated heterocycles. The number of carboxylic acids is 1. The fourth-order valence-electron chi connectivity index (χ4n) is 1.22. The molecule has 1 heterocycles. The molecule has 1 unspecified atom stereocenters. The van der Waals surface area contributed by atoms with Crippen molar-refractivity contribution in [1.82, 2.24) is 15.6 Å². The lowest BCUT2D eigenvalue weighted by Gasteiger charge is -2.15. The molecule has 0 radical (unpaired) electrons. The lowest BCUT2D eigenvalue weighted by Crippen LogP contribution is -2.46. The minimum Gasteiger partial charge on any atom is -0.476 e. The highest BCUT2D eigenvalue weighted by molar-refractivity contribution is 7.11. The van der Waals surface area contributed by atoms with Crippen LogP contribution in [0.5, 0.6) is 0 Å². The Hall–Kier alpha value is -1.96. The Morgan fingerprint density at radius 2 is 1.89 bits per heavy atom. The van der Waals surface area contributed by atoms with E-state index in [1.54, 1.807) is 6.92 Å². The van der Waals surface area contributed by atoms with E-state index in [0.717, 1.165) is 11.3 Å². The van der Waals surface area contributed by atoms with Gasteiger partial charge in [-0.3, -0.25) is 9.59 Å². The quantitative estimate of drug-likeness (QED) is 0.729. The van der Waals surface area contributed by atoms with Gasteiger partial charge in [0.1, 0.15) is 11.7 Å².